The van der Waals surface area contributed by atoms with Crippen molar-refractivity contribution in [3.63, 3.8) is 0 Å². The molecule has 0 N–H and O–H groups in total. The highest BCUT2D eigenvalue weighted by Gasteiger charge is 2.38. The molecule has 0 aromatic heterocycles. The third-order valence-electron chi connectivity index (χ3n) is 7.70. The molecule has 39 heavy (non-hydrogen) atoms. The van der Waals surface area contributed by atoms with Gasteiger partial charge in [0.25, 0.3) is 0 Å². The number of methoxy groups -OCH3 is 2. The molecule has 1 saturated carbocycles. The first-order chi connectivity index (χ1) is 19.0. The number of carbonyl (C=O) groups excluding carboxylic acids is 2. The monoisotopic (exact) mass is 532 g/mol. The van der Waals surface area contributed by atoms with Crippen LogP contribution in [0.1, 0.15) is 91.2 Å². The van der Waals surface area contributed by atoms with E-state index in [-0.39, 0.29) is 23.8 Å². The fourth-order valence-corrected chi connectivity index (χ4v) is 5.81. The Hall–Kier alpha value is -3.54. The molecule has 0 amide bonds. The van der Waals surface area contributed by atoms with Crippen LogP contribution < -0.4 is 9.47 Å². The first-order valence-electron chi connectivity index (χ1n) is 14.1. The van der Waals surface area contributed by atoms with Crippen molar-refractivity contribution in [2.24, 2.45) is 0 Å². The van der Waals surface area contributed by atoms with Crippen molar-refractivity contribution < 1.29 is 28.5 Å². The van der Waals surface area contributed by atoms with Crippen molar-refractivity contribution in [1.82, 2.24) is 0 Å². The molecule has 0 radical (unpaired) electrons. The maximum atomic E-state index is 12.1. The van der Waals surface area contributed by atoms with E-state index in [2.05, 4.69) is 24.3 Å². The summed E-state index contributed by atoms with van der Waals surface area (Å²) >= 11 is 0. The number of fused-ring (bicyclic) bond motifs is 7. The van der Waals surface area contributed by atoms with Crippen molar-refractivity contribution in [1.29, 1.82) is 0 Å². The lowest BCUT2D eigenvalue weighted by Gasteiger charge is -2.39. The van der Waals surface area contributed by atoms with Gasteiger partial charge in [-0.1, -0.05) is 18.6 Å². The molecular formula is C33H40O6. The molecular weight excluding hydrogens is 492 g/mol. The summed E-state index contributed by atoms with van der Waals surface area (Å²) in [4.78, 5) is 24.2. The van der Waals surface area contributed by atoms with Crippen LogP contribution in [-0.4, -0.2) is 39.4 Å². The normalized spacial score (nSPS) is 18.8. The van der Waals surface area contributed by atoms with E-state index >= 15 is 0 Å². The second kappa shape index (κ2) is 13.5. The van der Waals surface area contributed by atoms with Crippen molar-refractivity contribution in [3.05, 3.63) is 69.8 Å². The number of hydrogen-bond donors (Lipinski definition) is 0. The van der Waals surface area contributed by atoms with E-state index in [0.717, 1.165) is 67.6 Å². The van der Waals surface area contributed by atoms with Crippen LogP contribution in [0.25, 0.3) is 12.2 Å². The molecule has 6 nitrogen and oxygen atoms in total. The van der Waals surface area contributed by atoms with Crippen LogP contribution in [-0.2, 0) is 31.9 Å². The zero-order valence-electron chi connectivity index (χ0n) is 23.6. The maximum Gasteiger partial charge on any atom is 0.330 e. The molecule has 0 saturated heterocycles. The highest BCUT2D eigenvalue weighted by molar-refractivity contribution is 5.88. The minimum Gasteiger partial charge on any atom is -0.496 e. The van der Waals surface area contributed by atoms with Crippen molar-refractivity contribution in [2.45, 2.75) is 70.6 Å². The molecule has 0 aliphatic heterocycles. The second-order valence-electron chi connectivity index (χ2n) is 10.1. The topological polar surface area (TPSA) is 71.1 Å². The van der Waals surface area contributed by atoms with E-state index in [1.165, 1.54) is 34.4 Å². The number of benzene rings is 2. The maximum absolute atomic E-state index is 12.1. The van der Waals surface area contributed by atoms with Gasteiger partial charge in [-0.25, -0.2) is 9.59 Å². The second-order valence-corrected chi connectivity index (χ2v) is 10.1. The first-order valence-corrected chi connectivity index (χ1v) is 14.1. The van der Waals surface area contributed by atoms with Crippen LogP contribution in [0.4, 0.5) is 0 Å². The smallest absolute Gasteiger partial charge is 0.330 e. The van der Waals surface area contributed by atoms with Gasteiger partial charge in [0.15, 0.2) is 0 Å². The molecule has 4 bridgehead atoms. The zero-order valence-corrected chi connectivity index (χ0v) is 23.6. The van der Waals surface area contributed by atoms with Gasteiger partial charge in [0.2, 0.25) is 0 Å². The minimum absolute atomic E-state index is 0.251. The quantitative estimate of drug-likeness (QED) is 0.275. The molecule has 4 rings (SSSR count). The Balaban J connectivity index is 1.80. The average molecular weight is 533 g/mol. The summed E-state index contributed by atoms with van der Waals surface area (Å²) in [5.74, 6) is 1.40. The molecule has 0 spiro atoms. The third-order valence-corrected chi connectivity index (χ3v) is 7.70. The van der Waals surface area contributed by atoms with Crippen molar-refractivity contribution in [2.75, 3.05) is 27.4 Å². The van der Waals surface area contributed by atoms with Crippen LogP contribution in [0.5, 0.6) is 11.5 Å². The molecule has 2 aromatic carbocycles. The average Bonchev–Trinajstić information content (AvgIpc) is 2.90. The van der Waals surface area contributed by atoms with E-state index in [1.54, 1.807) is 28.1 Å². The van der Waals surface area contributed by atoms with Gasteiger partial charge in [-0.2, -0.15) is 0 Å². The number of ether oxygens (including phenoxy) is 4. The Morgan fingerprint density at radius 2 is 1.15 bits per heavy atom. The summed E-state index contributed by atoms with van der Waals surface area (Å²) in [5.41, 5.74) is 6.66. The number of rotatable bonds is 8. The lowest BCUT2D eigenvalue weighted by atomic mass is 9.65. The SMILES string of the molecule is CCOC(=O)/C=C/c1cc2cc(c1OC)C1CCC1c1cc(cc(/C=C/C(=O)OCC)c1OC)CCCCC2. The van der Waals surface area contributed by atoms with Crippen molar-refractivity contribution in [3.8, 4) is 11.5 Å². The van der Waals surface area contributed by atoms with Gasteiger partial charge in [0.1, 0.15) is 11.5 Å². The van der Waals surface area contributed by atoms with Gasteiger partial charge in [-0.15, -0.1) is 0 Å². The molecule has 1 fully saturated rings. The summed E-state index contributed by atoms with van der Waals surface area (Å²) < 4.78 is 22.2. The lowest BCUT2D eigenvalue weighted by molar-refractivity contribution is -0.138. The van der Waals surface area contributed by atoms with E-state index in [0.29, 0.717) is 13.2 Å². The summed E-state index contributed by atoms with van der Waals surface area (Å²) in [5, 5.41) is 0. The number of hydrogen-bond acceptors (Lipinski definition) is 6. The fourth-order valence-electron chi connectivity index (χ4n) is 5.81. The summed E-state index contributed by atoms with van der Waals surface area (Å²) in [6.07, 6.45) is 13.9. The Morgan fingerprint density at radius 3 is 1.51 bits per heavy atom. The van der Waals surface area contributed by atoms with Crippen LogP contribution in [0.2, 0.25) is 0 Å². The first kappa shape index (κ1) is 28.5. The number of esters is 2. The minimum atomic E-state index is -0.358. The van der Waals surface area contributed by atoms with E-state index in [1.807, 2.05) is 12.2 Å². The van der Waals surface area contributed by atoms with Gasteiger partial charge in [-0.05, 0) is 111 Å². The number of carbonyl (C=O) groups is 2. The molecule has 6 heteroatoms. The molecule has 2 aliphatic rings. The van der Waals surface area contributed by atoms with Crippen molar-refractivity contribution >= 4 is 24.1 Å². The highest BCUT2D eigenvalue weighted by atomic mass is 16.5. The Labute approximate surface area is 232 Å². The molecule has 2 unspecified atom stereocenters. The van der Waals surface area contributed by atoms with E-state index in [9.17, 15) is 9.59 Å². The summed E-state index contributed by atoms with van der Waals surface area (Å²) in [6.45, 7) is 4.28. The zero-order chi connectivity index (χ0) is 27.8. The third kappa shape index (κ3) is 6.73. The van der Waals surface area contributed by atoms with Crippen LogP contribution >= 0.6 is 0 Å². The fraction of sp³-hybridized carbons (Fsp3) is 0.455. The lowest BCUT2D eigenvalue weighted by Crippen LogP contribution is -2.24. The summed E-state index contributed by atoms with van der Waals surface area (Å²) in [7, 11) is 3.39. The predicted octanol–water partition coefficient (Wildman–Crippen LogP) is 6.79. The van der Waals surface area contributed by atoms with E-state index in [4.69, 9.17) is 18.9 Å². The van der Waals surface area contributed by atoms with Gasteiger partial charge >= 0.3 is 11.9 Å². The van der Waals surface area contributed by atoms with Crippen LogP contribution in [0.3, 0.4) is 0 Å². The predicted molar refractivity (Wildman–Crippen MR) is 153 cm³/mol. The summed E-state index contributed by atoms with van der Waals surface area (Å²) in [6, 6.07) is 8.88. The molecule has 2 atom stereocenters. The Morgan fingerprint density at radius 1 is 0.718 bits per heavy atom. The molecule has 0 heterocycles. The van der Waals surface area contributed by atoms with Gasteiger partial charge in [-0.3, -0.25) is 0 Å². The Kier molecular flexibility index (Phi) is 9.85. The van der Waals surface area contributed by atoms with Crippen LogP contribution in [0, 0.1) is 0 Å². The van der Waals surface area contributed by atoms with Gasteiger partial charge in [0.05, 0.1) is 27.4 Å². The standard InChI is InChI=1S/C33H40O6/c1-5-38-30(34)16-12-24-18-22-10-8-7-9-11-23-19-25(13-17-31(35)39-6-2)33(37-4)29(21-23)27-15-14-26(27)28(20-22)32(24)36-3/h12-13,16-21,26-27H,5-11,14-15H2,1-4H3/b16-12+,17-13+. The number of aryl methyl sites for hydroxylation is 2. The van der Waals surface area contributed by atoms with Crippen LogP contribution in [0.15, 0.2) is 36.4 Å². The van der Waals surface area contributed by atoms with Gasteiger partial charge < -0.3 is 18.9 Å². The van der Waals surface area contributed by atoms with E-state index < -0.39 is 0 Å². The Bertz CT molecular complexity index is 1150. The molecule has 2 aromatic rings. The highest BCUT2D eigenvalue weighted by Crippen LogP contribution is 2.55. The largest absolute Gasteiger partial charge is 0.496 e. The molecule has 208 valence electrons. The molecule has 2 aliphatic carbocycles. The van der Waals surface area contributed by atoms with Gasteiger partial charge in [0, 0.05) is 23.3 Å².